The molecule has 0 spiro atoms. The molecule has 180 valence electrons. The predicted molar refractivity (Wildman–Crippen MR) is 121 cm³/mol. The number of benzene rings is 2. The Morgan fingerprint density at radius 3 is 2.12 bits per heavy atom. The molecule has 4 aliphatic carbocycles. The molecule has 34 heavy (non-hydrogen) atoms. The Hall–Kier alpha value is -3.03. The Morgan fingerprint density at radius 1 is 0.912 bits per heavy atom. The van der Waals surface area contributed by atoms with Crippen molar-refractivity contribution in [2.45, 2.75) is 51.2 Å². The molecule has 0 saturated heterocycles. The van der Waals surface area contributed by atoms with Crippen molar-refractivity contribution in [2.75, 3.05) is 5.43 Å². The molecular formula is C26H28F3N3O2. The van der Waals surface area contributed by atoms with Crippen molar-refractivity contribution < 1.29 is 22.8 Å². The molecule has 5 nitrogen and oxygen atoms in total. The fraction of sp³-hybridized carbons (Fsp3) is 0.462. The summed E-state index contributed by atoms with van der Waals surface area (Å²) >= 11 is 0. The summed E-state index contributed by atoms with van der Waals surface area (Å²) in [6.07, 6.45) is 2.47. The quantitative estimate of drug-likeness (QED) is 0.501. The summed E-state index contributed by atoms with van der Waals surface area (Å²) in [5.74, 6) is 1.82. The lowest BCUT2D eigenvalue weighted by Crippen LogP contribution is -2.53. The van der Waals surface area contributed by atoms with E-state index in [4.69, 9.17) is 0 Å². The predicted octanol–water partition coefficient (Wildman–Crippen LogP) is 5.29. The molecule has 0 heterocycles. The highest BCUT2D eigenvalue weighted by Gasteiger charge is 2.54. The average molecular weight is 472 g/mol. The van der Waals surface area contributed by atoms with Gasteiger partial charge in [-0.3, -0.25) is 20.4 Å². The monoisotopic (exact) mass is 471 g/mol. The van der Waals surface area contributed by atoms with Crippen molar-refractivity contribution in [1.82, 2.24) is 10.7 Å². The standard InChI is InChI=1S/C26H28F3N3O2/c27-26(28,29)21-2-1-3-22(11-21)31-32-23(33)20-6-4-16(5-7-20)15-30-24(34)25-12-17-8-18(13-25)10-19(9-17)14-25/h1-7,11,17-19,31H,8-10,12-15H2,(H,30,34)(H,32,33). The van der Waals surface area contributed by atoms with E-state index in [0.29, 0.717) is 29.9 Å². The molecule has 4 fully saturated rings. The zero-order valence-electron chi connectivity index (χ0n) is 18.8. The van der Waals surface area contributed by atoms with Crippen LogP contribution in [0.4, 0.5) is 18.9 Å². The van der Waals surface area contributed by atoms with E-state index in [2.05, 4.69) is 16.2 Å². The zero-order chi connectivity index (χ0) is 23.9. The van der Waals surface area contributed by atoms with Crippen LogP contribution in [-0.4, -0.2) is 11.8 Å². The number of carbonyl (C=O) groups excluding carboxylic acids is 2. The Kier molecular flexibility index (Phi) is 5.78. The minimum atomic E-state index is -4.46. The first-order chi connectivity index (χ1) is 16.2. The lowest BCUT2D eigenvalue weighted by molar-refractivity contribution is -0.146. The maximum atomic E-state index is 13.1. The van der Waals surface area contributed by atoms with Gasteiger partial charge >= 0.3 is 6.18 Å². The zero-order valence-corrected chi connectivity index (χ0v) is 18.8. The summed E-state index contributed by atoms with van der Waals surface area (Å²) in [5, 5.41) is 3.13. The second-order valence-electron chi connectivity index (χ2n) is 10.2. The van der Waals surface area contributed by atoms with Crippen LogP contribution in [0.1, 0.15) is 60.0 Å². The molecule has 4 aliphatic rings. The third-order valence-corrected chi connectivity index (χ3v) is 7.70. The first kappa shape index (κ1) is 22.7. The van der Waals surface area contributed by atoms with Gasteiger partial charge in [0.05, 0.1) is 11.3 Å². The number of hydrazine groups is 1. The Balaban J connectivity index is 1.14. The van der Waals surface area contributed by atoms with Gasteiger partial charge in [0.1, 0.15) is 0 Å². The van der Waals surface area contributed by atoms with Gasteiger partial charge in [0.25, 0.3) is 5.91 Å². The van der Waals surface area contributed by atoms with E-state index >= 15 is 0 Å². The molecule has 0 aromatic heterocycles. The summed E-state index contributed by atoms with van der Waals surface area (Å²) in [4.78, 5) is 25.5. The van der Waals surface area contributed by atoms with Crippen LogP contribution in [0.5, 0.6) is 0 Å². The molecule has 0 atom stereocenters. The van der Waals surface area contributed by atoms with Crippen molar-refractivity contribution in [1.29, 1.82) is 0 Å². The SMILES string of the molecule is O=C(NNc1cccc(C(F)(F)F)c1)c1ccc(CNC(=O)C23CC4CC(CC(C4)C2)C3)cc1. The minimum Gasteiger partial charge on any atom is -0.352 e. The average Bonchev–Trinajstić information content (AvgIpc) is 2.80. The van der Waals surface area contributed by atoms with Gasteiger partial charge in [-0.2, -0.15) is 13.2 Å². The van der Waals surface area contributed by atoms with Gasteiger partial charge in [0.15, 0.2) is 0 Å². The number of alkyl halides is 3. The van der Waals surface area contributed by atoms with Crippen molar-refractivity contribution >= 4 is 17.5 Å². The molecule has 6 rings (SSSR count). The molecular weight excluding hydrogens is 443 g/mol. The lowest BCUT2D eigenvalue weighted by atomic mass is 9.49. The second kappa shape index (κ2) is 8.64. The summed E-state index contributed by atoms with van der Waals surface area (Å²) in [6, 6.07) is 11.4. The summed E-state index contributed by atoms with van der Waals surface area (Å²) in [7, 11) is 0. The maximum Gasteiger partial charge on any atom is 0.416 e. The maximum absolute atomic E-state index is 13.1. The van der Waals surface area contributed by atoms with Crippen LogP contribution in [0.2, 0.25) is 0 Å². The fourth-order valence-electron chi connectivity index (χ4n) is 6.51. The van der Waals surface area contributed by atoms with Gasteiger partial charge < -0.3 is 5.32 Å². The van der Waals surface area contributed by atoms with Crippen LogP contribution < -0.4 is 16.2 Å². The minimum absolute atomic E-state index is 0.132. The van der Waals surface area contributed by atoms with Gasteiger partial charge in [-0.25, -0.2) is 0 Å². The smallest absolute Gasteiger partial charge is 0.352 e. The third kappa shape index (κ3) is 4.63. The van der Waals surface area contributed by atoms with Crippen LogP contribution in [0.3, 0.4) is 0 Å². The number of halogens is 3. The van der Waals surface area contributed by atoms with Crippen molar-refractivity contribution in [3.05, 3.63) is 65.2 Å². The number of carbonyl (C=O) groups is 2. The molecule has 0 aliphatic heterocycles. The topological polar surface area (TPSA) is 70.2 Å². The second-order valence-corrected chi connectivity index (χ2v) is 10.2. The molecule has 4 saturated carbocycles. The van der Waals surface area contributed by atoms with E-state index in [1.165, 1.54) is 31.4 Å². The van der Waals surface area contributed by atoms with E-state index < -0.39 is 17.6 Å². The highest BCUT2D eigenvalue weighted by atomic mass is 19.4. The molecule has 2 amide bonds. The van der Waals surface area contributed by atoms with Crippen molar-refractivity contribution in [2.24, 2.45) is 23.2 Å². The summed E-state index contributed by atoms with van der Waals surface area (Å²) < 4.78 is 38.5. The van der Waals surface area contributed by atoms with Crippen LogP contribution in [0.25, 0.3) is 0 Å². The first-order valence-corrected chi connectivity index (χ1v) is 11.8. The Morgan fingerprint density at radius 2 is 1.53 bits per heavy atom. The van der Waals surface area contributed by atoms with Crippen LogP contribution in [-0.2, 0) is 17.5 Å². The number of amides is 2. The number of nitrogens with one attached hydrogen (secondary N) is 3. The Bertz CT molecular complexity index is 1050. The van der Waals surface area contributed by atoms with Gasteiger partial charge in [0.2, 0.25) is 5.91 Å². The lowest BCUT2D eigenvalue weighted by Gasteiger charge is -2.55. The van der Waals surface area contributed by atoms with E-state index in [1.807, 2.05) is 0 Å². The molecule has 2 aromatic rings. The summed E-state index contributed by atoms with van der Waals surface area (Å²) in [6.45, 7) is 0.408. The Labute approximate surface area is 196 Å². The molecule has 4 bridgehead atoms. The van der Waals surface area contributed by atoms with Gasteiger partial charge in [-0.1, -0.05) is 18.2 Å². The number of anilines is 1. The van der Waals surface area contributed by atoms with Gasteiger partial charge in [-0.05, 0) is 92.2 Å². The number of rotatable bonds is 6. The van der Waals surface area contributed by atoms with Gasteiger partial charge in [0, 0.05) is 17.5 Å². The van der Waals surface area contributed by atoms with Crippen LogP contribution in [0.15, 0.2) is 48.5 Å². The van der Waals surface area contributed by atoms with Crippen molar-refractivity contribution in [3.63, 3.8) is 0 Å². The molecule has 0 radical (unpaired) electrons. The normalized spacial score (nSPS) is 27.3. The highest BCUT2D eigenvalue weighted by Crippen LogP contribution is 2.60. The number of hydrogen-bond donors (Lipinski definition) is 3. The summed E-state index contributed by atoms with van der Waals surface area (Å²) in [5.41, 5.74) is 5.32. The third-order valence-electron chi connectivity index (χ3n) is 7.70. The van der Waals surface area contributed by atoms with Crippen molar-refractivity contribution in [3.8, 4) is 0 Å². The first-order valence-electron chi connectivity index (χ1n) is 11.8. The van der Waals surface area contributed by atoms with E-state index in [1.54, 1.807) is 24.3 Å². The van der Waals surface area contributed by atoms with Gasteiger partial charge in [-0.15, -0.1) is 0 Å². The van der Waals surface area contributed by atoms with E-state index in [9.17, 15) is 22.8 Å². The van der Waals surface area contributed by atoms with Crippen LogP contribution in [0, 0.1) is 23.2 Å². The highest BCUT2D eigenvalue weighted by molar-refractivity contribution is 5.94. The van der Waals surface area contributed by atoms with E-state index in [-0.39, 0.29) is 17.0 Å². The molecule has 2 aromatic carbocycles. The number of hydrogen-bond acceptors (Lipinski definition) is 3. The molecule has 0 unspecified atom stereocenters. The largest absolute Gasteiger partial charge is 0.416 e. The fourth-order valence-corrected chi connectivity index (χ4v) is 6.51. The van der Waals surface area contributed by atoms with E-state index in [0.717, 1.165) is 37.0 Å². The molecule has 3 N–H and O–H groups in total. The molecule has 8 heteroatoms. The van der Waals surface area contributed by atoms with Crippen LogP contribution >= 0.6 is 0 Å².